The Kier molecular flexibility index (Phi) is 5.91. The van der Waals surface area contributed by atoms with E-state index in [1.54, 1.807) is 18.4 Å². The van der Waals surface area contributed by atoms with Gasteiger partial charge in [-0.3, -0.25) is 0 Å². The van der Waals surface area contributed by atoms with Gasteiger partial charge < -0.3 is 14.8 Å². The van der Waals surface area contributed by atoms with E-state index < -0.39 is 0 Å². The fourth-order valence-corrected chi connectivity index (χ4v) is 3.12. The molecule has 0 fully saturated rings. The molecule has 114 valence electrons. The molecule has 0 radical (unpaired) electrons. The van der Waals surface area contributed by atoms with Crippen LogP contribution in [0.3, 0.4) is 0 Å². The highest BCUT2D eigenvalue weighted by Gasteiger charge is 2.09. The summed E-state index contributed by atoms with van der Waals surface area (Å²) in [5.41, 5.74) is 1.16. The zero-order chi connectivity index (χ0) is 15.2. The van der Waals surface area contributed by atoms with Crippen molar-refractivity contribution in [3.8, 4) is 11.5 Å². The van der Waals surface area contributed by atoms with E-state index in [9.17, 15) is 0 Å². The number of halogens is 1. The molecule has 5 heteroatoms. The maximum atomic E-state index is 5.97. The van der Waals surface area contributed by atoms with E-state index in [4.69, 9.17) is 21.1 Å². The van der Waals surface area contributed by atoms with Crippen molar-refractivity contribution in [1.29, 1.82) is 0 Å². The molecule has 1 unspecified atom stereocenters. The van der Waals surface area contributed by atoms with Gasteiger partial charge in [-0.2, -0.15) is 0 Å². The Morgan fingerprint density at radius 2 is 2.05 bits per heavy atom. The largest absolute Gasteiger partial charge is 0.493 e. The monoisotopic (exact) mass is 325 g/mol. The van der Waals surface area contributed by atoms with Gasteiger partial charge in [0.25, 0.3) is 0 Å². The van der Waals surface area contributed by atoms with Crippen LogP contribution < -0.4 is 14.8 Å². The number of nitrogens with one attached hydrogen (secondary N) is 1. The van der Waals surface area contributed by atoms with Crippen LogP contribution in [0.15, 0.2) is 30.3 Å². The van der Waals surface area contributed by atoms with E-state index in [0.29, 0.717) is 6.61 Å². The molecule has 0 saturated heterocycles. The van der Waals surface area contributed by atoms with Gasteiger partial charge in [0, 0.05) is 17.5 Å². The van der Waals surface area contributed by atoms with Crippen molar-refractivity contribution in [3.05, 3.63) is 45.1 Å². The average Bonchev–Trinajstić information content (AvgIpc) is 2.92. The van der Waals surface area contributed by atoms with Gasteiger partial charge in [-0.1, -0.05) is 17.7 Å². The molecule has 1 N–H and O–H groups in total. The molecule has 1 aromatic heterocycles. The summed E-state index contributed by atoms with van der Waals surface area (Å²) in [5.74, 6) is 1.55. The molecule has 1 aromatic carbocycles. The maximum absolute atomic E-state index is 5.97. The second kappa shape index (κ2) is 7.69. The highest BCUT2D eigenvalue weighted by atomic mass is 35.5. The zero-order valence-corrected chi connectivity index (χ0v) is 14.1. The predicted octanol–water partition coefficient (Wildman–Crippen LogP) is 4.66. The lowest BCUT2D eigenvalue weighted by Gasteiger charge is -2.14. The summed E-state index contributed by atoms with van der Waals surface area (Å²) in [5, 5.41) is 3.49. The summed E-state index contributed by atoms with van der Waals surface area (Å²) in [6, 6.07) is 10.3. The van der Waals surface area contributed by atoms with E-state index >= 15 is 0 Å². The molecule has 1 heterocycles. The first-order valence-electron chi connectivity index (χ1n) is 6.92. The summed E-state index contributed by atoms with van der Waals surface area (Å²) in [4.78, 5) is 1.23. The van der Waals surface area contributed by atoms with Crippen LogP contribution in [0.2, 0.25) is 4.34 Å². The number of hydrogen-bond donors (Lipinski definition) is 1. The van der Waals surface area contributed by atoms with Gasteiger partial charge in [-0.15, -0.1) is 11.3 Å². The average molecular weight is 326 g/mol. The van der Waals surface area contributed by atoms with Gasteiger partial charge in [0.15, 0.2) is 11.5 Å². The van der Waals surface area contributed by atoms with Crippen molar-refractivity contribution in [2.75, 3.05) is 13.7 Å². The van der Waals surface area contributed by atoms with E-state index in [0.717, 1.165) is 27.9 Å². The van der Waals surface area contributed by atoms with Gasteiger partial charge in [0.2, 0.25) is 0 Å². The van der Waals surface area contributed by atoms with Crippen LogP contribution in [0.25, 0.3) is 0 Å². The minimum atomic E-state index is 0.264. The molecular weight excluding hydrogens is 306 g/mol. The molecule has 3 nitrogen and oxygen atoms in total. The van der Waals surface area contributed by atoms with Gasteiger partial charge in [0.1, 0.15) is 0 Å². The molecule has 0 aliphatic heterocycles. The Morgan fingerprint density at radius 1 is 1.24 bits per heavy atom. The number of thiophene rings is 1. The van der Waals surface area contributed by atoms with Crippen LogP contribution in [-0.2, 0) is 6.54 Å². The second-order valence-electron chi connectivity index (χ2n) is 4.66. The quantitative estimate of drug-likeness (QED) is 0.803. The molecule has 1 atom stereocenters. The summed E-state index contributed by atoms with van der Waals surface area (Å²) >= 11 is 7.58. The summed E-state index contributed by atoms with van der Waals surface area (Å²) in [6.07, 6.45) is 0. The standard InChI is InChI=1S/C16H20ClNO2S/c1-4-20-14-9-12(5-6-13(14)19-3)10-18-11(2)15-7-8-16(17)21-15/h5-9,11,18H,4,10H2,1-3H3. The van der Waals surface area contributed by atoms with E-state index in [1.165, 1.54) is 4.88 Å². The minimum absolute atomic E-state index is 0.264. The Labute approximate surface area is 134 Å². The third-order valence-corrected chi connectivity index (χ3v) is 4.57. The van der Waals surface area contributed by atoms with Crippen LogP contribution in [0.1, 0.15) is 30.3 Å². The second-order valence-corrected chi connectivity index (χ2v) is 6.41. The highest BCUT2D eigenvalue weighted by Crippen LogP contribution is 2.29. The number of hydrogen-bond acceptors (Lipinski definition) is 4. The Bertz CT molecular complexity index is 585. The summed E-state index contributed by atoms with van der Waals surface area (Å²) in [6.45, 7) is 5.49. The smallest absolute Gasteiger partial charge is 0.161 e. The molecule has 0 saturated carbocycles. The van der Waals surface area contributed by atoms with Crippen LogP contribution in [0, 0.1) is 0 Å². The third-order valence-electron chi connectivity index (χ3n) is 3.16. The van der Waals surface area contributed by atoms with E-state index in [2.05, 4.69) is 18.3 Å². The topological polar surface area (TPSA) is 30.5 Å². The molecule has 2 aromatic rings. The van der Waals surface area contributed by atoms with Gasteiger partial charge >= 0.3 is 0 Å². The summed E-state index contributed by atoms with van der Waals surface area (Å²) in [7, 11) is 1.65. The number of methoxy groups -OCH3 is 1. The van der Waals surface area contributed by atoms with Crippen molar-refractivity contribution in [3.63, 3.8) is 0 Å². The number of rotatable bonds is 7. The molecule has 21 heavy (non-hydrogen) atoms. The van der Waals surface area contributed by atoms with Crippen molar-refractivity contribution in [1.82, 2.24) is 5.32 Å². The van der Waals surface area contributed by atoms with Crippen LogP contribution in [0.5, 0.6) is 11.5 Å². The number of ether oxygens (including phenoxy) is 2. The molecule has 0 aliphatic carbocycles. The van der Waals surface area contributed by atoms with Crippen LogP contribution in [0.4, 0.5) is 0 Å². The number of benzene rings is 1. The van der Waals surface area contributed by atoms with Gasteiger partial charge in [-0.25, -0.2) is 0 Å². The van der Waals surface area contributed by atoms with Crippen LogP contribution in [-0.4, -0.2) is 13.7 Å². The van der Waals surface area contributed by atoms with Crippen molar-refractivity contribution in [2.45, 2.75) is 26.4 Å². The minimum Gasteiger partial charge on any atom is -0.493 e. The fourth-order valence-electron chi connectivity index (χ4n) is 2.03. The normalized spacial score (nSPS) is 12.2. The van der Waals surface area contributed by atoms with Crippen LogP contribution >= 0.6 is 22.9 Å². The Hall–Kier alpha value is -1.23. The molecule has 0 spiro atoms. The van der Waals surface area contributed by atoms with Crippen molar-refractivity contribution < 1.29 is 9.47 Å². The van der Waals surface area contributed by atoms with Gasteiger partial charge in [0.05, 0.1) is 18.1 Å². The molecule has 0 amide bonds. The maximum Gasteiger partial charge on any atom is 0.161 e. The van der Waals surface area contributed by atoms with E-state index in [1.807, 2.05) is 31.2 Å². The van der Waals surface area contributed by atoms with Crippen molar-refractivity contribution >= 4 is 22.9 Å². The molecule has 0 bridgehead atoms. The lowest BCUT2D eigenvalue weighted by Crippen LogP contribution is -2.17. The van der Waals surface area contributed by atoms with Crippen molar-refractivity contribution in [2.24, 2.45) is 0 Å². The SMILES string of the molecule is CCOc1cc(CNC(C)c2ccc(Cl)s2)ccc1OC. The predicted molar refractivity (Wildman–Crippen MR) is 88.7 cm³/mol. The first kappa shape index (κ1) is 16.1. The third kappa shape index (κ3) is 4.37. The summed E-state index contributed by atoms with van der Waals surface area (Å²) < 4.78 is 11.7. The fraction of sp³-hybridized carbons (Fsp3) is 0.375. The first-order chi connectivity index (χ1) is 10.1. The zero-order valence-electron chi connectivity index (χ0n) is 12.5. The molecular formula is C16H20ClNO2S. The molecule has 2 rings (SSSR count). The van der Waals surface area contributed by atoms with E-state index in [-0.39, 0.29) is 6.04 Å². The Morgan fingerprint density at radius 3 is 2.67 bits per heavy atom. The Balaban J connectivity index is 2.01. The lowest BCUT2D eigenvalue weighted by molar-refractivity contribution is 0.310. The first-order valence-corrected chi connectivity index (χ1v) is 8.11. The lowest BCUT2D eigenvalue weighted by atomic mass is 10.2. The highest BCUT2D eigenvalue weighted by molar-refractivity contribution is 7.16. The molecule has 0 aliphatic rings. The van der Waals surface area contributed by atoms with Gasteiger partial charge in [-0.05, 0) is 43.7 Å².